The molecule has 0 radical (unpaired) electrons. The van der Waals surface area contributed by atoms with Crippen molar-refractivity contribution in [3.05, 3.63) is 27.2 Å². The Hall–Kier alpha value is -2.38. The summed E-state index contributed by atoms with van der Waals surface area (Å²) in [6, 6.07) is 0. The third-order valence-electron chi connectivity index (χ3n) is 2.82. The van der Waals surface area contributed by atoms with E-state index in [4.69, 9.17) is 4.74 Å². The van der Waals surface area contributed by atoms with Crippen molar-refractivity contribution in [1.29, 1.82) is 0 Å². The van der Waals surface area contributed by atoms with E-state index in [0.717, 1.165) is 4.57 Å². The molecule has 0 aliphatic heterocycles. The third-order valence-corrected chi connectivity index (χ3v) is 2.82. The lowest BCUT2D eigenvalue weighted by atomic mass is 9.98. The molecule has 0 spiro atoms. The fourth-order valence-electron chi connectivity index (χ4n) is 1.58. The van der Waals surface area contributed by atoms with E-state index in [1.54, 1.807) is 20.8 Å². The molecule has 0 aliphatic carbocycles. The Morgan fingerprint density at radius 1 is 1.40 bits per heavy atom. The van der Waals surface area contributed by atoms with Crippen LogP contribution >= 0.6 is 0 Å². The maximum Gasteiger partial charge on any atom is 0.329 e. The molecule has 0 saturated heterocycles. The van der Waals surface area contributed by atoms with Crippen LogP contribution in [0.15, 0.2) is 15.9 Å². The zero-order valence-electron chi connectivity index (χ0n) is 11.8. The predicted octanol–water partition coefficient (Wildman–Crippen LogP) is -0.0299. The van der Waals surface area contributed by atoms with Gasteiger partial charge >= 0.3 is 11.7 Å². The van der Waals surface area contributed by atoms with Crippen molar-refractivity contribution in [2.75, 3.05) is 0 Å². The Kier molecular flexibility index (Phi) is 3.24. The van der Waals surface area contributed by atoms with Crippen LogP contribution in [-0.2, 0) is 23.3 Å². The van der Waals surface area contributed by atoms with Gasteiger partial charge < -0.3 is 4.74 Å². The van der Waals surface area contributed by atoms with Crippen LogP contribution in [0.4, 0.5) is 0 Å². The molecule has 8 heteroatoms. The Morgan fingerprint density at radius 2 is 2.05 bits per heavy atom. The summed E-state index contributed by atoms with van der Waals surface area (Å²) < 4.78 is 7.45. The number of hydrogen-bond acceptors (Lipinski definition) is 5. The molecule has 0 atom stereocenters. The molecule has 2 rings (SSSR count). The lowest BCUT2D eigenvalue weighted by Gasteiger charge is -2.16. The zero-order chi connectivity index (χ0) is 15.1. The van der Waals surface area contributed by atoms with Crippen LogP contribution in [-0.4, -0.2) is 25.1 Å². The molecule has 0 saturated carbocycles. The first-order valence-electron chi connectivity index (χ1n) is 6.03. The summed E-state index contributed by atoms with van der Waals surface area (Å²) in [7, 11) is 1.36. The van der Waals surface area contributed by atoms with E-state index in [1.165, 1.54) is 17.9 Å². The van der Waals surface area contributed by atoms with Gasteiger partial charge in [0.25, 0.3) is 5.56 Å². The number of fused-ring (bicyclic) bond motifs is 1. The van der Waals surface area contributed by atoms with Gasteiger partial charge in [0.2, 0.25) is 0 Å². The minimum Gasteiger partial charge on any atom is -0.443 e. The molecule has 20 heavy (non-hydrogen) atoms. The quantitative estimate of drug-likeness (QED) is 0.779. The Morgan fingerprint density at radius 3 is 2.65 bits per heavy atom. The smallest absolute Gasteiger partial charge is 0.329 e. The summed E-state index contributed by atoms with van der Waals surface area (Å²) in [6.07, 6.45) is 1.35. The normalized spacial score (nSPS) is 11.8. The van der Waals surface area contributed by atoms with Crippen molar-refractivity contribution < 1.29 is 9.53 Å². The maximum atomic E-state index is 12.0. The second kappa shape index (κ2) is 4.62. The van der Waals surface area contributed by atoms with Crippen LogP contribution in [0.1, 0.15) is 20.8 Å². The van der Waals surface area contributed by atoms with Crippen LogP contribution in [0.5, 0.6) is 0 Å². The van der Waals surface area contributed by atoms with Crippen molar-refractivity contribution in [3.8, 4) is 0 Å². The highest BCUT2D eigenvalue weighted by molar-refractivity contribution is 5.75. The summed E-state index contributed by atoms with van der Waals surface area (Å²) in [5.74, 6) is -0.388. The number of nitrogens with one attached hydrogen (secondary N) is 1. The van der Waals surface area contributed by atoms with Gasteiger partial charge in [-0.2, -0.15) is 0 Å². The second-order valence-corrected chi connectivity index (χ2v) is 5.52. The molecule has 108 valence electrons. The molecule has 0 aliphatic rings. The summed E-state index contributed by atoms with van der Waals surface area (Å²) in [5, 5.41) is 0. The highest BCUT2D eigenvalue weighted by atomic mass is 16.5. The van der Waals surface area contributed by atoms with Gasteiger partial charge in [-0.3, -0.25) is 23.7 Å². The van der Waals surface area contributed by atoms with Crippen LogP contribution in [0.3, 0.4) is 0 Å². The fraction of sp³-hybridized carbons (Fsp3) is 0.500. The van der Waals surface area contributed by atoms with Crippen LogP contribution < -0.4 is 11.2 Å². The highest BCUT2D eigenvalue weighted by Crippen LogP contribution is 2.15. The first-order chi connectivity index (χ1) is 9.21. The molecule has 0 aromatic carbocycles. The van der Waals surface area contributed by atoms with Crippen LogP contribution in [0, 0.1) is 5.41 Å². The number of esters is 1. The van der Waals surface area contributed by atoms with Crippen molar-refractivity contribution in [1.82, 2.24) is 19.1 Å². The van der Waals surface area contributed by atoms with Gasteiger partial charge in [-0.25, -0.2) is 9.78 Å². The predicted molar refractivity (Wildman–Crippen MR) is 71.1 cm³/mol. The van der Waals surface area contributed by atoms with Gasteiger partial charge in [-0.05, 0) is 20.8 Å². The number of carbonyl (C=O) groups excluding carboxylic acids is 1. The number of carbonyl (C=O) groups is 1. The van der Waals surface area contributed by atoms with Crippen molar-refractivity contribution in [2.45, 2.75) is 27.5 Å². The third kappa shape index (κ3) is 2.36. The lowest BCUT2D eigenvalue weighted by molar-refractivity contribution is -0.156. The lowest BCUT2D eigenvalue weighted by Crippen LogP contribution is -2.33. The highest BCUT2D eigenvalue weighted by Gasteiger charge is 2.23. The molecule has 2 aromatic rings. The van der Waals surface area contributed by atoms with Crippen LogP contribution in [0.25, 0.3) is 11.2 Å². The summed E-state index contributed by atoms with van der Waals surface area (Å²) in [6.45, 7) is 5.07. The Bertz CT molecular complexity index is 775. The molecule has 1 N–H and O–H groups in total. The maximum absolute atomic E-state index is 12.0. The summed E-state index contributed by atoms with van der Waals surface area (Å²) >= 11 is 0. The van der Waals surface area contributed by atoms with Gasteiger partial charge in [0.05, 0.1) is 5.41 Å². The van der Waals surface area contributed by atoms with E-state index in [0.29, 0.717) is 0 Å². The average molecular weight is 280 g/mol. The number of H-pyrrole nitrogens is 1. The Balaban J connectivity index is 2.38. The number of ether oxygens (including phenoxy) is 1. The number of aromatic nitrogens is 4. The van der Waals surface area contributed by atoms with E-state index in [9.17, 15) is 14.4 Å². The largest absolute Gasteiger partial charge is 0.443 e. The zero-order valence-corrected chi connectivity index (χ0v) is 11.8. The van der Waals surface area contributed by atoms with Crippen LogP contribution in [0.2, 0.25) is 0 Å². The molecular weight excluding hydrogens is 264 g/mol. The van der Waals surface area contributed by atoms with E-state index in [-0.39, 0.29) is 23.9 Å². The molecule has 0 fully saturated rings. The minimum atomic E-state index is -0.629. The first-order valence-corrected chi connectivity index (χ1v) is 6.03. The summed E-state index contributed by atoms with van der Waals surface area (Å²) in [4.78, 5) is 41.5. The standard InChI is InChI=1S/C12H16N4O4/c1-12(2,3)10(18)20-6-16-5-13-8-7(16)9(17)15(4)11(19)14-8/h5H,6H2,1-4H3,(H,14,19). The van der Waals surface area contributed by atoms with Gasteiger partial charge in [0.1, 0.15) is 6.33 Å². The minimum absolute atomic E-state index is 0.131. The molecule has 8 nitrogen and oxygen atoms in total. The Labute approximate surface area is 114 Å². The van der Waals surface area contributed by atoms with E-state index in [1.807, 2.05) is 0 Å². The average Bonchev–Trinajstić information content (AvgIpc) is 2.75. The van der Waals surface area contributed by atoms with E-state index >= 15 is 0 Å². The molecule has 2 heterocycles. The number of aromatic amines is 1. The second-order valence-electron chi connectivity index (χ2n) is 5.52. The van der Waals surface area contributed by atoms with Crippen molar-refractivity contribution >= 4 is 17.1 Å². The molecule has 2 aromatic heterocycles. The van der Waals surface area contributed by atoms with Gasteiger partial charge in [0, 0.05) is 7.05 Å². The first kappa shape index (κ1) is 14.0. The number of imidazole rings is 1. The number of hydrogen-bond donors (Lipinski definition) is 1. The molecule has 0 amide bonds. The van der Waals surface area contributed by atoms with Crippen molar-refractivity contribution in [2.24, 2.45) is 12.5 Å². The number of rotatable bonds is 2. The fourth-order valence-corrected chi connectivity index (χ4v) is 1.58. The van der Waals surface area contributed by atoms with E-state index < -0.39 is 16.7 Å². The number of nitrogens with zero attached hydrogens (tertiary/aromatic N) is 3. The molecule has 0 unspecified atom stereocenters. The molecular formula is C12H16N4O4. The van der Waals surface area contributed by atoms with Crippen molar-refractivity contribution in [3.63, 3.8) is 0 Å². The van der Waals surface area contributed by atoms with E-state index in [2.05, 4.69) is 9.97 Å². The topological polar surface area (TPSA) is 99.0 Å². The van der Waals surface area contributed by atoms with Gasteiger partial charge in [-0.15, -0.1) is 0 Å². The SMILES string of the molecule is Cn1c(=O)[nH]c2ncn(COC(=O)C(C)(C)C)c2c1=O. The van der Waals surface area contributed by atoms with Gasteiger partial charge in [0.15, 0.2) is 17.9 Å². The molecule has 0 bridgehead atoms. The van der Waals surface area contributed by atoms with Gasteiger partial charge in [-0.1, -0.05) is 0 Å². The monoisotopic (exact) mass is 280 g/mol. The summed E-state index contributed by atoms with van der Waals surface area (Å²) in [5.41, 5.74) is -1.30.